The van der Waals surface area contributed by atoms with Crippen LogP contribution in [0.25, 0.3) is 10.9 Å². The van der Waals surface area contributed by atoms with E-state index < -0.39 is 18.2 Å². The SMILES string of the molecule is C=CCN(CCc1c[nH]c2cccc(OC(C)=O)c12)C(C)C(F)(F)F. The van der Waals surface area contributed by atoms with E-state index in [2.05, 4.69) is 11.6 Å². The van der Waals surface area contributed by atoms with Crippen molar-refractivity contribution in [1.82, 2.24) is 9.88 Å². The van der Waals surface area contributed by atoms with Gasteiger partial charge in [0.15, 0.2) is 0 Å². The van der Waals surface area contributed by atoms with Gasteiger partial charge in [0.25, 0.3) is 0 Å². The number of nitrogens with one attached hydrogen (secondary N) is 1. The predicted molar refractivity (Wildman–Crippen MR) is 90.6 cm³/mol. The molecule has 0 aliphatic rings. The summed E-state index contributed by atoms with van der Waals surface area (Å²) in [6.45, 7) is 6.32. The number of rotatable bonds is 7. The van der Waals surface area contributed by atoms with Gasteiger partial charge in [0.1, 0.15) is 11.8 Å². The van der Waals surface area contributed by atoms with Crippen molar-refractivity contribution in [2.45, 2.75) is 32.5 Å². The molecule has 7 heteroatoms. The van der Waals surface area contributed by atoms with Gasteiger partial charge >= 0.3 is 12.1 Å². The molecule has 0 saturated carbocycles. The number of aromatic amines is 1. The summed E-state index contributed by atoms with van der Waals surface area (Å²) in [5.41, 5.74) is 1.57. The third-order valence-electron chi connectivity index (χ3n) is 4.06. The predicted octanol–water partition coefficient (Wildman–Crippen LogP) is 4.07. The van der Waals surface area contributed by atoms with Crippen LogP contribution < -0.4 is 4.74 Å². The molecule has 1 N–H and O–H groups in total. The molecule has 2 aromatic rings. The van der Waals surface area contributed by atoms with Gasteiger partial charge in [-0.15, -0.1) is 6.58 Å². The molecule has 0 bridgehead atoms. The van der Waals surface area contributed by atoms with E-state index in [0.29, 0.717) is 12.2 Å². The molecular formula is C18H21F3N2O2. The van der Waals surface area contributed by atoms with Gasteiger partial charge in [-0.2, -0.15) is 13.2 Å². The molecule has 25 heavy (non-hydrogen) atoms. The Morgan fingerprint density at radius 1 is 1.44 bits per heavy atom. The van der Waals surface area contributed by atoms with E-state index in [1.54, 1.807) is 18.3 Å². The number of carbonyl (C=O) groups excluding carboxylic acids is 1. The molecule has 0 fully saturated rings. The van der Waals surface area contributed by atoms with Crippen LogP contribution in [0.15, 0.2) is 37.1 Å². The van der Waals surface area contributed by atoms with Crippen molar-refractivity contribution in [3.63, 3.8) is 0 Å². The molecule has 0 aliphatic heterocycles. The molecule has 1 heterocycles. The fourth-order valence-electron chi connectivity index (χ4n) is 2.74. The van der Waals surface area contributed by atoms with Crippen molar-refractivity contribution < 1.29 is 22.7 Å². The van der Waals surface area contributed by atoms with Gasteiger partial charge in [-0.3, -0.25) is 9.69 Å². The van der Waals surface area contributed by atoms with Crippen molar-refractivity contribution in [2.24, 2.45) is 0 Å². The quantitative estimate of drug-likeness (QED) is 0.463. The summed E-state index contributed by atoms with van der Waals surface area (Å²) in [5, 5.41) is 0.718. The van der Waals surface area contributed by atoms with Crippen molar-refractivity contribution in [3.05, 3.63) is 42.6 Å². The lowest BCUT2D eigenvalue weighted by molar-refractivity contribution is -0.177. The number of esters is 1. The van der Waals surface area contributed by atoms with Crippen molar-refractivity contribution in [1.29, 1.82) is 0 Å². The first-order chi connectivity index (χ1) is 11.7. The van der Waals surface area contributed by atoms with Gasteiger partial charge in [-0.25, -0.2) is 0 Å². The summed E-state index contributed by atoms with van der Waals surface area (Å²) in [7, 11) is 0. The summed E-state index contributed by atoms with van der Waals surface area (Å²) >= 11 is 0. The molecule has 0 aliphatic carbocycles. The second-order valence-electron chi connectivity index (χ2n) is 5.84. The van der Waals surface area contributed by atoms with Crippen LogP contribution in [0.1, 0.15) is 19.4 Å². The Morgan fingerprint density at radius 3 is 2.76 bits per heavy atom. The van der Waals surface area contributed by atoms with E-state index in [0.717, 1.165) is 23.4 Å². The number of ether oxygens (including phenoxy) is 1. The number of benzene rings is 1. The molecule has 0 saturated heterocycles. The first-order valence-electron chi connectivity index (χ1n) is 7.93. The number of nitrogens with zero attached hydrogens (tertiary/aromatic N) is 1. The first kappa shape index (κ1) is 19.1. The lowest BCUT2D eigenvalue weighted by Gasteiger charge is -2.29. The van der Waals surface area contributed by atoms with Crippen LogP contribution in [0.3, 0.4) is 0 Å². The molecular weight excluding hydrogens is 333 g/mol. The Bertz CT molecular complexity index is 752. The molecule has 1 aromatic heterocycles. The Hall–Kier alpha value is -2.28. The molecule has 2 rings (SSSR count). The van der Waals surface area contributed by atoms with Crippen LogP contribution >= 0.6 is 0 Å². The maximum atomic E-state index is 13.0. The average Bonchev–Trinajstić information content (AvgIpc) is 2.93. The number of alkyl halides is 3. The minimum atomic E-state index is -4.30. The highest BCUT2D eigenvalue weighted by Gasteiger charge is 2.39. The van der Waals surface area contributed by atoms with Crippen LogP contribution in [0.4, 0.5) is 13.2 Å². The summed E-state index contributed by atoms with van der Waals surface area (Å²) in [5.74, 6) is -0.0426. The highest BCUT2D eigenvalue weighted by molar-refractivity contribution is 5.91. The molecule has 4 nitrogen and oxygen atoms in total. The fraction of sp³-hybridized carbons (Fsp3) is 0.389. The van der Waals surface area contributed by atoms with Crippen LogP contribution in [0, 0.1) is 0 Å². The highest BCUT2D eigenvalue weighted by Crippen LogP contribution is 2.30. The fourth-order valence-corrected chi connectivity index (χ4v) is 2.74. The number of hydrogen-bond acceptors (Lipinski definition) is 3. The van der Waals surface area contributed by atoms with Crippen LogP contribution in [-0.2, 0) is 11.2 Å². The zero-order valence-corrected chi connectivity index (χ0v) is 14.2. The van der Waals surface area contributed by atoms with E-state index in [1.165, 1.54) is 17.9 Å². The molecule has 1 atom stereocenters. The minimum absolute atomic E-state index is 0.139. The molecule has 0 amide bonds. The second-order valence-corrected chi connectivity index (χ2v) is 5.84. The summed E-state index contributed by atoms with van der Waals surface area (Å²) in [6, 6.07) is 3.67. The van der Waals surface area contributed by atoms with Crippen LogP contribution in [-0.4, -0.2) is 41.2 Å². The van der Waals surface area contributed by atoms with Gasteiger partial charge < -0.3 is 9.72 Å². The zero-order chi connectivity index (χ0) is 18.6. The topological polar surface area (TPSA) is 45.3 Å². The number of aromatic nitrogens is 1. The minimum Gasteiger partial charge on any atom is -0.426 e. The number of H-pyrrole nitrogens is 1. The third-order valence-corrected chi connectivity index (χ3v) is 4.06. The van der Waals surface area contributed by atoms with Crippen molar-refractivity contribution >= 4 is 16.9 Å². The summed E-state index contributed by atoms with van der Waals surface area (Å²) in [6.07, 6.45) is -0.720. The highest BCUT2D eigenvalue weighted by atomic mass is 19.4. The van der Waals surface area contributed by atoms with E-state index in [9.17, 15) is 18.0 Å². The van der Waals surface area contributed by atoms with Crippen LogP contribution in [0.5, 0.6) is 5.75 Å². The lowest BCUT2D eigenvalue weighted by Crippen LogP contribution is -2.44. The zero-order valence-electron chi connectivity index (χ0n) is 14.2. The Labute approximate surface area is 144 Å². The number of fused-ring (bicyclic) bond motifs is 1. The number of carbonyl (C=O) groups is 1. The van der Waals surface area contributed by atoms with Gasteiger partial charge in [0.05, 0.1) is 0 Å². The average molecular weight is 354 g/mol. The molecule has 136 valence electrons. The van der Waals surface area contributed by atoms with Gasteiger partial charge in [0, 0.05) is 37.1 Å². The standard InChI is InChI=1S/C18H21F3N2O2/c1-4-9-23(12(2)18(19,20)21)10-8-14-11-22-15-6-5-7-16(17(14)15)25-13(3)24/h4-7,11-12,22H,1,8-10H2,2-3H3. The van der Waals surface area contributed by atoms with E-state index in [1.807, 2.05) is 6.07 Å². The van der Waals surface area contributed by atoms with E-state index in [-0.39, 0.29) is 13.1 Å². The van der Waals surface area contributed by atoms with Gasteiger partial charge in [-0.05, 0) is 31.0 Å². The second kappa shape index (κ2) is 7.74. The smallest absolute Gasteiger partial charge is 0.403 e. The number of hydrogen-bond donors (Lipinski definition) is 1. The number of halogens is 3. The Morgan fingerprint density at radius 2 is 2.16 bits per heavy atom. The van der Waals surface area contributed by atoms with Crippen molar-refractivity contribution in [3.8, 4) is 5.75 Å². The van der Waals surface area contributed by atoms with Crippen molar-refractivity contribution in [2.75, 3.05) is 13.1 Å². The normalized spacial score (nSPS) is 13.2. The maximum Gasteiger partial charge on any atom is 0.403 e. The molecule has 1 aromatic carbocycles. The Balaban J connectivity index is 2.24. The van der Waals surface area contributed by atoms with E-state index in [4.69, 9.17) is 4.74 Å². The molecule has 0 spiro atoms. The molecule has 1 unspecified atom stereocenters. The first-order valence-corrected chi connectivity index (χ1v) is 7.93. The van der Waals surface area contributed by atoms with Gasteiger partial charge in [-0.1, -0.05) is 12.1 Å². The monoisotopic (exact) mass is 354 g/mol. The lowest BCUT2D eigenvalue weighted by atomic mass is 10.1. The third kappa shape index (κ3) is 4.63. The maximum absolute atomic E-state index is 13.0. The largest absolute Gasteiger partial charge is 0.426 e. The van der Waals surface area contributed by atoms with Gasteiger partial charge in [0.2, 0.25) is 0 Å². The Kier molecular flexibility index (Phi) is 5.89. The van der Waals surface area contributed by atoms with Crippen LogP contribution in [0.2, 0.25) is 0 Å². The summed E-state index contributed by atoms with van der Waals surface area (Å²) < 4.78 is 44.2. The molecule has 0 radical (unpaired) electrons. The van der Waals surface area contributed by atoms with E-state index >= 15 is 0 Å². The summed E-state index contributed by atoms with van der Waals surface area (Å²) in [4.78, 5) is 15.6.